The molecule has 0 saturated carbocycles. The molecule has 0 aliphatic rings. The molecule has 0 aliphatic carbocycles. The Morgan fingerprint density at radius 1 is 1.28 bits per heavy atom. The van der Waals surface area contributed by atoms with Crippen molar-refractivity contribution in [2.45, 2.75) is 24.9 Å². The molecule has 0 atom stereocenters. The second-order valence-electron chi connectivity index (χ2n) is 4.43. The predicted octanol–water partition coefficient (Wildman–Crippen LogP) is 2.72. The van der Waals surface area contributed by atoms with E-state index >= 15 is 0 Å². The topological polar surface area (TPSA) is 60.2 Å². The summed E-state index contributed by atoms with van der Waals surface area (Å²) in [5.41, 5.74) is 4.27. The molecule has 0 fully saturated rings. The number of rotatable bonds is 3. The molecule has 0 spiro atoms. The average Bonchev–Trinajstić information content (AvgIpc) is 2.13. The third-order valence-electron chi connectivity index (χ3n) is 2.23. The largest absolute Gasteiger partial charge is 0.416 e. The van der Waals surface area contributed by atoms with Gasteiger partial charge in [-0.1, -0.05) is 13.8 Å². The molecule has 18 heavy (non-hydrogen) atoms. The lowest BCUT2D eigenvalue weighted by Gasteiger charge is -2.12. The Labute approximate surface area is 104 Å². The molecule has 7 heteroatoms. The number of hydrogen-bond donors (Lipinski definition) is 1. The minimum atomic E-state index is -4.59. The third kappa shape index (κ3) is 3.38. The maximum Gasteiger partial charge on any atom is 0.416 e. The zero-order valence-electron chi connectivity index (χ0n) is 9.95. The van der Waals surface area contributed by atoms with Crippen molar-refractivity contribution in [3.63, 3.8) is 0 Å². The summed E-state index contributed by atoms with van der Waals surface area (Å²) in [7, 11) is -3.80. The van der Waals surface area contributed by atoms with Crippen molar-refractivity contribution in [2.75, 3.05) is 11.5 Å². The molecule has 0 aliphatic heterocycles. The van der Waals surface area contributed by atoms with Gasteiger partial charge in [-0.3, -0.25) is 0 Å². The van der Waals surface area contributed by atoms with Crippen LogP contribution in [0.4, 0.5) is 18.9 Å². The first-order chi connectivity index (χ1) is 8.04. The Morgan fingerprint density at radius 3 is 2.28 bits per heavy atom. The summed E-state index contributed by atoms with van der Waals surface area (Å²) >= 11 is 0. The van der Waals surface area contributed by atoms with Gasteiger partial charge < -0.3 is 5.73 Å². The number of nitrogens with two attached hydrogens (primary N) is 1. The van der Waals surface area contributed by atoms with Gasteiger partial charge in [0.05, 0.1) is 21.9 Å². The minimum Gasteiger partial charge on any atom is -0.398 e. The zero-order chi connectivity index (χ0) is 14.1. The van der Waals surface area contributed by atoms with Gasteiger partial charge in [0.1, 0.15) is 0 Å². The second-order valence-corrected chi connectivity index (χ2v) is 6.43. The van der Waals surface area contributed by atoms with Crippen LogP contribution in [-0.4, -0.2) is 14.2 Å². The van der Waals surface area contributed by atoms with E-state index in [1.807, 2.05) is 0 Å². The number of nitrogen functional groups attached to an aromatic ring is 1. The first kappa shape index (κ1) is 14.8. The van der Waals surface area contributed by atoms with E-state index in [-0.39, 0.29) is 17.4 Å². The molecule has 0 amide bonds. The molecule has 0 radical (unpaired) electrons. The highest BCUT2D eigenvalue weighted by Crippen LogP contribution is 2.33. The molecule has 0 unspecified atom stereocenters. The summed E-state index contributed by atoms with van der Waals surface area (Å²) in [6, 6.07) is 2.33. The SMILES string of the molecule is CC(C)CS(=O)(=O)c1cc(C(F)(F)F)ccc1N. The minimum absolute atomic E-state index is 0.163. The molecule has 1 aromatic rings. The molecule has 0 aromatic heterocycles. The molecule has 102 valence electrons. The van der Waals surface area contributed by atoms with Gasteiger partial charge in [-0.25, -0.2) is 8.42 Å². The standard InChI is InChI=1S/C11H14F3NO2S/c1-7(2)6-18(16,17)10-5-8(11(12,13)14)3-4-9(10)15/h3-5,7H,6,15H2,1-2H3. The van der Waals surface area contributed by atoms with Crippen molar-refractivity contribution < 1.29 is 21.6 Å². The Bertz CT molecular complexity index is 536. The van der Waals surface area contributed by atoms with Crippen LogP contribution in [0.25, 0.3) is 0 Å². The van der Waals surface area contributed by atoms with E-state index in [0.717, 1.165) is 12.1 Å². The monoisotopic (exact) mass is 281 g/mol. The summed E-state index contributed by atoms with van der Waals surface area (Å²) in [6.07, 6.45) is -4.59. The highest BCUT2D eigenvalue weighted by molar-refractivity contribution is 7.91. The van der Waals surface area contributed by atoms with E-state index in [2.05, 4.69) is 0 Å². The zero-order valence-corrected chi connectivity index (χ0v) is 10.8. The molecule has 1 rings (SSSR count). The van der Waals surface area contributed by atoms with Crippen molar-refractivity contribution in [1.29, 1.82) is 0 Å². The van der Waals surface area contributed by atoms with E-state index < -0.39 is 26.5 Å². The smallest absolute Gasteiger partial charge is 0.398 e. The second kappa shape index (κ2) is 4.79. The maximum absolute atomic E-state index is 12.5. The predicted molar refractivity (Wildman–Crippen MR) is 62.7 cm³/mol. The summed E-state index contributed by atoms with van der Waals surface area (Å²) in [5.74, 6) is -0.428. The van der Waals surface area contributed by atoms with E-state index in [0.29, 0.717) is 6.07 Å². The van der Waals surface area contributed by atoms with Gasteiger partial charge in [-0.15, -0.1) is 0 Å². The molecular formula is C11H14F3NO2S. The van der Waals surface area contributed by atoms with E-state index in [1.54, 1.807) is 13.8 Å². The fourth-order valence-electron chi connectivity index (χ4n) is 1.51. The third-order valence-corrected chi connectivity index (χ3v) is 4.36. The summed E-state index contributed by atoms with van der Waals surface area (Å²) < 4.78 is 61.3. The van der Waals surface area contributed by atoms with Crippen molar-refractivity contribution in [3.8, 4) is 0 Å². The van der Waals surface area contributed by atoms with Gasteiger partial charge in [-0.2, -0.15) is 13.2 Å². The summed E-state index contributed by atoms with van der Waals surface area (Å²) in [6.45, 7) is 3.34. The van der Waals surface area contributed by atoms with Crippen LogP contribution in [0.15, 0.2) is 23.1 Å². The molecule has 0 saturated heterocycles. The highest BCUT2D eigenvalue weighted by atomic mass is 32.2. The summed E-state index contributed by atoms with van der Waals surface area (Å²) in [5, 5.41) is 0. The fraction of sp³-hybridized carbons (Fsp3) is 0.455. The number of benzene rings is 1. The van der Waals surface area contributed by atoms with E-state index in [9.17, 15) is 21.6 Å². The van der Waals surface area contributed by atoms with Crippen molar-refractivity contribution in [3.05, 3.63) is 23.8 Å². The van der Waals surface area contributed by atoms with Gasteiger partial charge in [0.25, 0.3) is 0 Å². The molecule has 2 N–H and O–H groups in total. The highest BCUT2D eigenvalue weighted by Gasteiger charge is 2.32. The van der Waals surface area contributed by atoms with Crippen molar-refractivity contribution in [1.82, 2.24) is 0 Å². The Hall–Kier alpha value is -1.24. The molecular weight excluding hydrogens is 267 g/mol. The normalized spacial score (nSPS) is 13.0. The average molecular weight is 281 g/mol. The van der Waals surface area contributed by atoms with Gasteiger partial charge in [-0.05, 0) is 24.1 Å². The van der Waals surface area contributed by atoms with Crippen LogP contribution in [0.5, 0.6) is 0 Å². The van der Waals surface area contributed by atoms with Gasteiger partial charge in [0.2, 0.25) is 0 Å². The lowest BCUT2D eigenvalue weighted by atomic mass is 10.2. The lowest BCUT2D eigenvalue weighted by Crippen LogP contribution is -2.15. The first-order valence-electron chi connectivity index (χ1n) is 5.23. The van der Waals surface area contributed by atoms with Crippen LogP contribution in [0.2, 0.25) is 0 Å². The van der Waals surface area contributed by atoms with Crippen molar-refractivity contribution >= 4 is 15.5 Å². The van der Waals surface area contributed by atoms with E-state index in [4.69, 9.17) is 5.73 Å². The first-order valence-corrected chi connectivity index (χ1v) is 6.89. The van der Waals surface area contributed by atoms with Crippen LogP contribution < -0.4 is 5.73 Å². The number of halogens is 3. The van der Waals surface area contributed by atoms with Gasteiger partial charge in [0, 0.05) is 0 Å². The van der Waals surface area contributed by atoms with Gasteiger partial charge in [0.15, 0.2) is 9.84 Å². The molecule has 0 bridgehead atoms. The molecule has 1 aromatic carbocycles. The Balaban J connectivity index is 3.33. The van der Waals surface area contributed by atoms with Crippen LogP contribution in [0.3, 0.4) is 0 Å². The number of anilines is 1. The number of alkyl halides is 3. The Kier molecular flexibility index (Phi) is 3.95. The number of sulfone groups is 1. The van der Waals surface area contributed by atoms with Crippen LogP contribution >= 0.6 is 0 Å². The van der Waals surface area contributed by atoms with Crippen LogP contribution in [0, 0.1) is 5.92 Å². The van der Waals surface area contributed by atoms with Crippen LogP contribution in [-0.2, 0) is 16.0 Å². The molecule has 0 heterocycles. The lowest BCUT2D eigenvalue weighted by molar-refractivity contribution is -0.137. The Morgan fingerprint density at radius 2 is 1.83 bits per heavy atom. The van der Waals surface area contributed by atoms with Crippen molar-refractivity contribution in [2.24, 2.45) is 5.92 Å². The summed E-state index contributed by atoms with van der Waals surface area (Å²) in [4.78, 5) is -0.453. The molecule has 3 nitrogen and oxygen atoms in total. The fourth-order valence-corrected chi connectivity index (χ4v) is 3.30. The van der Waals surface area contributed by atoms with E-state index in [1.165, 1.54) is 0 Å². The maximum atomic E-state index is 12.5. The van der Waals surface area contributed by atoms with Crippen LogP contribution in [0.1, 0.15) is 19.4 Å². The number of hydrogen-bond acceptors (Lipinski definition) is 3. The quantitative estimate of drug-likeness (QED) is 0.867. The van der Waals surface area contributed by atoms with Gasteiger partial charge >= 0.3 is 6.18 Å².